The Labute approximate surface area is 205 Å². The van der Waals surface area contributed by atoms with Gasteiger partial charge in [0.1, 0.15) is 6.61 Å². The number of hydrogen-bond acceptors (Lipinski definition) is 4. The van der Waals surface area contributed by atoms with E-state index in [-0.39, 0.29) is 43.4 Å². The molecular weight excluding hydrogens is 444 g/mol. The summed E-state index contributed by atoms with van der Waals surface area (Å²) in [5.41, 5.74) is 4.27. The number of amides is 2. The summed E-state index contributed by atoms with van der Waals surface area (Å²) < 4.78 is 5.69. The van der Waals surface area contributed by atoms with Crippen LogP contribution in [-0.2, 0) is 14.3 Å². The van der Waals surface area contributed by atoms with Gasteiger partial charge in [-0.3, -0.25) is 9.59 Å². The van der Waals surface area contributed by atoms with Crippen molar-refractivity contribution in [2.75, 3.05) is 19.7 Å². The Morgan fingerprint density at radius 3 is 2.31 bits per heavy atom. The van der Waals surface area contributed by atoms with E-state index in [0.29, 0.717) is 13.0 Å². The lowest BCUT2D eigenvalue weighted by molar-refractivity contribution is -0.140. The Hall–Kier alpha value is -3.35. The first-order valence-corrected chi connectivity index (χ1v) is 12.6. The summed E-state index contributed by atoms with van der Waals surface area (Å²) in [5.74, 6) is -0.597. The molecule has 35 heavy (non-hydrogen) atoms. The zero-order valence-corrected chi connectivity index (χ0v) is 20.0. The van der Waals surface area contributed by atoms with Crippen molar-refractivity contribution in [3.63, 3.8) is 0 Å². The molecule has 0 bridgehead atoms. The van der Waals surface area contributed by atoms with Gasteiger partial charge in [0.05, 0.1) is 11.8 Å². The van der Waals surface area contributed by atoms with Crippen molar-refractivity contribution in [3.8, 4) is 11.1 Å². The average Bonchev–Trinajstić information content (AvgIpc) is 3.27. The largest absolute Gasteiger partial charge is 0.481 e. The summed E-state index contributed by atoms with van der Waals surface area (Å²) in [6, 6.07) is 16.4. The van der Waals surface area contributed by atoms with Crippen molar-refractivity contribution in [2.24, 2.45) is 11.3 Å². The SMILES string of the molecule is CCCN(CCC(=O)O)C(=O)[C@]12C[C@H](NC(=O)OCC3c4ccccc4-c4ccccc43)C[C@H]1C2. The molecule has 5 rings (SSSR count). The van der Waals surface area contributed by atoms with Crippen LogP contribution in [0.4, 0.5) is 4.79 Å². The molecule has 7 heteroatoms. The first-order chi connectivity index (χ1) is 16.9. The molecule has 3 aliphatic rings. The summed E-state index contributed by atoms with van der Waals surface area (Å²) in [7, 11) is 0. The minimum absolute atomic E-state index is 0.00916. The molecule has 2 fully saturated rings. The van der Waals surface area contributed by atoms with Gasteiger partial charge in [-0.1, -0.05) is 55.5 Å². The minimum atomic E-state index is -0.898. The van der Waals surface area contributed by atoms with Crippen LogP contribution in [0.25, 0.3) is 11.1 Å². The molecule has 3 aliphatic carbocycles. The first-order valence-electron chi connectivity index (χ1n) is 12.6. The number of ether oxygens (including phenoxy) is 1. The molecule has 0 aliphatic heterocycles. The number of aliphatic carboxylic acids is 1. The van der Waals surface area contributed by atoms with Gasteiger partial charge in [0.2, 0.25) is 5.91 Å². The van der Waals surface area contributed by atoms with E-state index in [1.54, 1.807) is 4.90 Å². The van der Waals surface area contributed by atoms with E-state index in [1.165, 1.54) is 22.3 Å². The zero-order chi connectivity index (χ0) is 24.6. The second-order valence-electron chi connectivity index (χ2n) is 10.1. The van der Waals surface area contributed by atoms with E-state index in [4.69, 9.17) is 9.84 Å². The number of benzene rings is 2. The van der Waals surface area contributed by atoms with Crippen LogP contribution in [0.2, 0.25) is 0 Å². The maximum Gasteiger partial charge on any atom is 0.407 e. The number of carboxylic acids is 1. The number of alkyl carbamates (subject to hydrolysis) is 1. The molecule has 0 radical (unpaired) electrons. The Morgan fingerprint density at radius 2 is 1.69 bits per heavy atom. The van der Waals surface area contributed by atoms with Crippen LogP contribution in [0, 0.1) is 11.3 Å². The molecule has 2 aromatic carbocycles. The lowest BCUT2D eigenvalue weighted by Crippen LogP contribution is -2.41. The van der Waals surface area contributed by atoms with Crippen molar-refractivity contribution < 1.29 is 24.2 Å². The number of carboxylic acid groups (broad SMARTS) is 1. The van der Waals surface area contributed by atoms with Crippen molar-refractivity contribution in [2.45, 2.75) is 51.0 Å². The highest BCUT2D eigenvalue weighted by molar-refractivity contribution is 5.87. The van der Waals surface area contributed by atoms with Crippen LogP contribution < -0.4 is 5.32 Å². The number of fused-ring (bicyclic) bond motifs is 4. The molecule has 2 saturated carbocycles. The predicted molar refractivity (Wildman–Crippen MR) is 131 cm³/mol. The van der Waals surface area contributed by atoms with E-state index in [9.17, 15) is 14.4 Å². The van der Waals surface area contributed by atoms with Crippen LogP contribution in [0.3, 0.4) is 0 Å². The van der Waals surface area contributed by atoms with E-state index < -0.39 is 17.5 Å². The standard InChI is InChI=1S/C28H32N2O5/c1-2-12-30(13-11-25(31)32)26(33)28-15-18(28)14-19(16-28)29-27(34)35-17-24-22-9-5-3-7-20(22)21-8-4-6-10-23(21)24/h3-10,18-19,24H,2,11-17H2,1H3,(H,29,34)(H,31,32)/t18-,19+,28+/m0/s1. The van der Waals surface area contributed by atoms with Crippen LogP contribution >= 0.6 is 0 Å². The molecule has 0 unspecified atom stereocenters. The highest BCUT2D eigenvalue weighted by Crippen LogP contribution is 2.64. The Bertz CT molecular complexity index is 1100. The fraction of sp³-hybridized carbons (Fsp3) is 0.464. The van der Waals surface area contributed by atoms with E-state index in [1.807, 2.05) is 31.2 Å². The summed E-state index contributed by atoms with van der Waals surface area (Å²) >= 11 is 0. The van der Waals surface area contributed by atoms with Crippen LogP contribution in [0.1, 0.15) is 56.1 Å². The number of rotatable bonds is 9. The molecule has 2 amide bonds. The van der Waals surface area contributed by atoms with Crippen LogP contribution in [0.15, 0.2) is 48.5 Å². The van der Waals surface area contributed by atoms with Gasteiger partial charge in [-0.25, -0.2) is 4.79 Å². The summed E-state index contributed by atoms with van der Waals surface area (Å²) in [4.78, 5) is 38.7. The second-order valence-corrected chi connectivity index (χ2v) is 10.1. The van der Waals surface area contributed by atoms with Gasteiger partial charge in [0.15, 0.2) is 0 Å². The Kier molecular flexibility index (Phi) is 6.26. The van der Waals surface area contributed by atoms with Gasteiger partial charge in [-0.05, 0) is 53.9 Å². The lowest BCUT2D eigenvalue weighted by atomic mass is 9.98. The van der Waals surface area contributed by atoms with E-state index >= 15 is 0 Å². The smallest absolute Gasteiger partial charge is 0.407 e. The normalized spacial score (nSPS) is 23.7. The maximum atomic E-state index is 13.3. The third-order valence-electron chi connectivity index (χ3n) is 7.88. The minimum Gasteiger partial charge on any atom is -0.481 e. The molecule has 2 N–H and O–H groups in total. The highest BCUT2D eigenvalue weighted by atomic mass is 16.5. The molecule has 0 aromatic heterocycles. The fourth-order valence-corrected chi connectivity index (χ4v) is 6.20. The molecule has 3 atom stereocenters. The van der Waals surface area contributed by atoms with Gasteiger partial charge >= 0.3 is 12.1 Å². The van der Waals surface area contributed by atoms with Gasteiger partial charge in [0, 0.05) is 25.0 Å². The van der Waals surface area contributed by atoms with Crippen molar-refractivity contribution in [1.82, 2.24) is 10.2 Å². The first kappa shape index (κ1) is 23.4. The fourth-order valence-electron chi connectivity index (χ4n) is 6.20. The summed E-state index contributed by atoms with van der Waals surface area (Å²) in [5, 5.41) is 12.0. The third-order valence-corrected chi connectivity index (χ3v) is 7.88. The number of carbonyl (C=O) groups excluding carboxylic acids is 2. The molecule has 0 spiro atoms. The van der Waals surface area contributed by atoms with Gasteiger partial charge in [0.25, 0.3) is 0 Å². The molecule has 184 valence electrons. The molecule has 2 aromatic rings. The Morgan fingerprint density at radius 1 is 1.03 bits per heavy atom. The van der Waals surface area contributed by atoms with Crippen LogP contribution in [-0.4, -0.2) is 53.7 Å². The average molecular weight is 477 g/mol. The van der Waals surface area contributed by atoms with Crippen molar-refractivity contribution >= 4 is 18.0 Å². The van der Waals surface area contributed by atoms with Gasteiger partial charge in [-0.2, -0.15) is 0 Å². The topological polar surface area (TPSA) is 95.9 Å². The molecule has 7 nitrogen and oxygen atoms in total. The monoisotopic (exact) mass is 476 g/mol. The highest BCUT2D eigenvalue weighted by Gasteiger charge is 2.66. The van der Waals surface area contributed by atoms with Crippen molar-refractivity contribution in [3.05, 3.63) is 59.7 Å². The third kappa shape index (κ3) is 4.40. The summed E-state index contributed by atoms with van der Waals surface area (Å²) in [6.45, 7) is 3.05. The number of nitrogens with one attached hydrogen (secondary N) is 1. The van der Waals surface area contributed by atoms with Crippen molar-refractivity contribution in [1.29, 1.82) is 0 Å². The number of carbonyl (C=O) groups is 3. The van der Waals surface area contributed by atoms with E-state index in [0.717, 1.165) is 19.3 Å². The molecule has 0 saturated heterocycles. The summed E-state index contributed by atoms with van der Waals surface area (Å²) in [6.07, 6.45) is 2.46. The zero-order valence-electron chi connectivity index (χ0n) is 20.0. The molecular formula is C28H32N2O5. The number of nitrogens with zero attached hydrogens (tertiary/aromatic N) is 1. The lowest BCUT2D eigenvalue weighted by Gasteiger charge is -2.27. The quantitative estimate of drug-likeness (QED) is 0.559. The van der Waals surface area contributed by atoms with E-state index in [2.05, 4.69) is 29.6 Å². The Balaban J connectivity index is 1.17. The van der Waals surface area contributed by atoms with Gasteiger partial charge < -0.3 is 20.1 Å². The predicted octanol–water partition coefficient (Wildman–Crippen LogP) is 4.41. The molecule has 0 heterocycles. The second kappa shape index (κ2) is 9.36. The maximum absolute atomic E-state index is 13.3. The van der Waals surface area contributed by atoms with Gasteiger partial charge in [-0.15, -0.1) is 0 Å². The number of hydrogen-bond donors (Lipinski definition) is 2. The van der Waals surface area contributed by atoms with Crippen LogP contribution in [0.5, 0.6) is 0 Å².